The summed E-state index contributed by atoms with van der Waals surface area (Å²) in [5.74, 6) is -1.98. The molecular weight excluding hydrogens is 404 g/mol. The number of aryl methyl sites for hydroxylation is 1. The van der Waals surface area contributed by atoms with Crippen LogP contribution in [0.25, 0.3) is 10.9 Å². The maximum atomic E-state index is 14.8. The number of hydrogen-bond donors (Lipinski definition) is 2. The highest BCUT2D eigenvalue weighted by atomic mass is 35.5. The van der Waals surface area contributed by atoms with Crippen LogP contribution in [0.5, 0.6) is 0 Å². The molecule has 3 rings (SSSR count). The Morgan fingerprint density at radius 2 is 2.17 bits per heavy atom. The van der Waals surface area contributed by atoms with Crippen LogP contribution >= 0.6 is 11.6 Å². The van der Waals surface area contributed by atoms with Crippen molar-refractivity contribution in [3.05, 3.63) is 55.8 Å². The number of aliphatic imine (C=N–C) groups is 1. The minimum absolute atomic E-state index is 0.0702. The maximum absolute atomic E-state index is 14.8. The molecule has 1 saturated carbocycles. The summed E-state index contributed by atoms with van der Waals surface area (Å²) in [5, 5.41) is 9.59. The molecule has 9 heteroatoms. The molecule has 2 aromatic rings. The predicted octanol–water partition coefficient (Wildman–Crippen LogP) is 3.82. The summed E-state index contributed by atoms with van der Waals surface area (Å²) in [6.07, 6.45) is 2.20. The summed E-state index contributed by atoms with van der Waals surface area (Å²) < 4.78 is 30.0. The van der Waals surface area contributed by atoms with Crippen molar-refractivity contribution in [3.8, 4) is 0 Å². The van der Waals surface area contributed by atoms with Gasteiger partial charge in [0.15, 0.2) is 0 Å². The summed E-state index contributed by atoms with van der Waals surface area (Å²) in [6, 6.07) is 0.425. The molecule has 1 aliphatic rings. The number of benzene rings is 1. The van der Waals surface area contributed by atoms with Gasteiger partial charge in [0.1, 0.15) is 23.4 Å². The fraction of sp³-hybridized carbons (Fsp3) is 0.350. The van der Waals surface area contributed by atoms with E-state index in [-0.39, 0.29) is 29.6 Å². The summed E-state index contributed by atoms with van der Waals surface area (Å²) in [4.78, 5) is 28.0. The van der Waals surface area contributed by atoms with Crippen LogP contribution in [-0.2, 0) is 6.42 Å². The standard InChI is InChI=1S/C20H20ClF2N3O3/c1-3-13(21)19(24)25-5-4-10-9(2)17-11(6-14(10)22)18(27)12(20(28)29)8-26(17)16-7-15(16)23/h5-6,8,15-16H,3-4,7,24H2,1-2H3,(H,28,29)/b19-13+,25-5?/t15-,16+/m0/s1. The number of aromatic carboxylic acids is 1. The summed E-state index contributed by atoms with van der Waals surface area (Å²) in [5.41, 5.74) is 5.41. The molecule has 0 aliphatic heterocycles. The number of fused-ring (bicyclic) bond motifs is 1. The second kappa shape index (κ2) is 7.94. The number of carboxylic acids is 1. The number of halogens is 3. The molecule has 1 aliphatic carbocycles. The van der Waals surface area contributed by atoms with Crippen LogP contribution in [0, 0.1) is 12.7 Å². The predicted molar refractivity (Wildman–Crippen MR) is 108 cm³/mol. The van der Waals surface area contributed by atoms with Gasteiger partial charge < -0.3 is 15.4 Å². The number of allylic oxidation sites excluding steroid dienone is 1. The zero-order valence-corrected chi connectivity index (χ0v) is 16.6. The molecule has 0 amide bonds. The fourth-order valence-corrected chi connectivity index (χ4v) is 3.36. The highest BCUT2D eigenvalue weighted by Gasteiger charge is 2.40. The Labute approximate surface area is 170 Å². The largest absolute Gasteiger partial charge is 0.477 e. The molecular formula is C20H20ClF2N3O3. The van der Waals surface area contributed by atoms with Crippen LogP contribution in [-0.4, -0.2) is 28.0 Å². The van der Waals surface area contributed by atoms with E-state index in [9.17, 15) is 23.5 Å². The van der Waals surface area contributed by atoms with Gasteiger partial charge >= 0.3 is 5.97 Å². The molecule has 0 spiro atoms. The number of hydrogen-bond acceptors (Lipinski definition) is 4. The first-order chi connectivity index (χ1) is 13.7. The molecule has 2 atom stereocenters. The maximum Gasteiger partial charge on any atom is 0.341 e. The molecule has 0 radical (unpaired) electrons. The molecule has 1 aromatic heterocycles. The second-order valence-electron chi connectivity index (χ2n) is 6.92. The van der Waals surface area contributed by atoms with E-state index in [1.807, 2.05) is 6.92 Å². The van der Waals surface area contributed by atoms with Gasteiger partial charge in [-0.25, -0.2) is 18.6 Å². The van der Waals surface area contributed by atoms with E-state index in [4.69, 9.17) is 17.3 Å². The third-order valence-electron chi connectivity index (χ3n) is 5.02. The van der Waals surface area contributed by atoms with Gasteiger partial charge in [0.05, 0.1) is 16.6 Å². The Hall–Kier alpha value is -2.74. The Balaban J connectivity index is 2.17. The van der Waals surface area contributed by atoms with Crippen LogP contribution in [0.15, 0.2) is 32.9 Å². The molecule has 0 saturated heterocycles. The lowest BCUT2D eigenvalue weighted by atomic mass is 9.99. The van der Waals surface area contributed by atoms with Crippen LogP contribution < -0.4 is 11.2 Å². The number of pyridine rings is 1. The third-order valence-corrected chi connectivity index (χ3v) is 5.48. The number of carboxylic acid groups (broad SMARTS) is 1. The molecule has 1 aromatic carbocycles. The lowest BCUT2D eigenvalue weighted by Gasteiger charge is -2.16. The highest BCUT2D eigenvalue weighted by Crippen LogP contribution is 2.41. The zero-order chi connectivity index (χ0) is 21.5. The first kappa shape index (κ1) is 21.0. The van der Waals surface area contributed by atoms with Gasteiger partial charge in [0, 0.05) is 30.6 Å². The molecule has 0 bridgehead atoms. The zero-order valence-electron chi connectivity index (χ0n) is 15.9. The van der Waals surface area contributed by atoms with E-state index in [2.05, 4.69) is 4.99 Å². The van der Waals surface area contributed by atoms with E-state index in [0.29, 0.717) is 22.5 Å². The third kappa shape index (κ3) is 3.89. The number of rotatable bonds is 6. The SMILES string of the molecule is CC/C(Cl)=C(/N)N=CCc1c(F)cc2c(=O)c(C(=O)O)cn([C@@H]3C[C@@H]3F)c2c1C. The monoisotopic (exact) mass is 423 g/mol. The molecule has 1 fully saturated rings. The summed E-state index contributed by atoms with van der Waals surface area (Å²) in [6.45, 7) is 3.43. The summed E-state index contributed by atoms with van der Waals surface area (Å²) >= 11 is 5.92. The van der Waals surface area contributed by atoms with Crippen LogP contribution in [0.1, 0.15) is 47.3 Å². The molecule has 0 unspecified atom stereocenters. The first-order valence-electron chi connectivity index (χ1n) is 9.08. The lowest BCUT2D eigenvalue weighted by Crippen LogP contribution is -2.20. The van der Waals surface area contributed by atoms with Gasteiger partial charge in [-0.05, 0) is 30.5 Å². The van der Waals surface area contributed by atoms with Gasteiger partial charge in [-0.1, -0.05) is 18.5 Å². The van der Waals surface area contributed by atoms with Gasteiger partial charge in [-0.15, -0.1) is 0 Å². The van der Waals surface area contributed by atoms with Crippen LogP contribution in [0.3, 0.4) is 0 Å². The molecule has 154 valence electrons. The van der Waals surface area contributed by atoms with Gasteiger partial charge in [-0.2, -0.15) is 0 Å². The molecule has 1 heterocycles. The van der Waals surface area contributed by atoms with Crippen LogP contribution in [0.4, 0.5) is 8.78 Å². The average Bonchev–Trinajstić information content (AvgIpc) is 3.40. The van der Waals surface area contributed by atoms with Crippen LogP contribution in [0.2, 0.25) is 0 Å². The normalized spacial score (nSPS) is 19.6. The molecule has 29 heavy (non-hydrogen) atoms. The smallest absolute Gasteiger partial charge is 0.341 e. The highest BCUT2D eigenvalue weighted by molar-refractivity contribution is 6.29. The number of aromatic nitrogens is 1. The second-order valence-corrected chi connectivity index (χ2v) is 7.38. The van der Waals surface area contributed by atoms with Crippen molar-refractivity contribution >= 4 is 34.7 Å². The Bertz CT molecular complexity index is 1120. The minimum Gasteiger partial charge on any atom is -0.477 e. The molecule has 3 N–H and O–H groups in total. The number of alkyl halides is 1. The van der Waals surface area contributed by atoms with Gasteiger partial charge in [-0.3, -0.25) is 4.79 Å². The van der Waals surface area contributed by atoms with Crippen molar-refractivity contribution in [1.29, 1.82) is 0 Å². The lowest BCUT2D eigenvalue weighted by molar-refractivity contribution is 0.0694. The van der Waals surface area contributed by atoms with E-state index in [0.717, 1.165) is 12.3 Å². The van der Waals surface area contributed by atoms with Gasteiger partial charge in [0.25, 0.3) is 0 Å². The quantitative estimate of drug-likeness (QED) is 0.690. The number of nitrogens with zero attached hydrogens (tertiary/aromatic N) is 2. The Morgan fingerprint density at radius 1 is 1.52 bits per heavy atom. The molecule has 6 nitrogen and oxygen atoms in total. The Kier molecular flexibility index (Phi) is 5.75. The minimum atomic E-state index is -1.44. The number of nitrogens with two attached hydrogens (primary N) is 1. The fourth-order valence-electron chi connectivity index (χ4n) is 3.31. The van der Waals surface area contributed by atoms with Crippen molar-refractivity contribution < 1.29 is 18.7 Å². The van der Waals surface area contributed by atoms with E-state index < -0.39 is 35.0 Å². The number of carbonyl (C=O) groups is 1. The van der Waals surface area contributed by atoms with Gasteiger partial charge in [0.2, 0.25) is 5.43 Å². The summed E-state index contributed by atoms with van der Waals surface area (Å²) in [7, 11) is 0. The average molecular weight is 424 g/mol. The van der Waals surface area contributed by atoms with Crippen molar-refractivity contribution in [3.63, 3.8) is 0 Å². The van der Waals surface area contributed by atoms with Crippen molar-refractivity contribution in [2.45, 2.75) is 45.3 Å². The topological polar surface area (TPSA) is 97.7 Å². The Morgan fingerprint density at radius 3 is 2.72 bits per heavy atom. The first-order valence-corrected chi connectivity index (χ1v) is 9.45. The van der Waals surface area contributed by atoms with E-state index in [1.54, 1.807) is 6.92 Å². The van der Waals surface area contributed by atoms with Crippen molar-refractivity contribution in [2.24, 2.45) is 10.7 Å². The van der Waals surface area contributed by atoms with E-state index >= 15 is 0 Å². The van der Waals surface area contributed by atoms with Crippen molar-refractivity contribution in [1.82, 2.24) is 4.57 Å². The van der Waals surface area contributed by atoms with Crippen molar-refractivity contribution in [2.75, 3.05) is 0 Å². The van der Waals surface area contributed by atoms with E-state index in [1.165, 1.54) is 10.8 Å².